The van der Waals surface area contributed by atoms with Crippen molar-refractivity contribution < 1.29 is 22.7 Å². The summed E-state index contributed by atoms with van der Waals surface area (Å²) >= 11 is 0. The number of rotatable bonds is 7. The Bertz CT molecular complexity index is 790. The van der Waals surface area contributed by atoms with Crippen LogP contribution in [0.5, 0.6) is 0 Å². The molecule has 0 aromatic carbocycles. The smallest absolute Gasteiger partial charge is 0.132 e. The number of piperidine rings is 2. The van der Waals surface area contributed by atoms with E-state index in [9.17, 15) is 22.7 Å². The summed E-state index contributed by atoms with van der Waals surface area (Å²) < 4.78 is 55.1. The summed E-state index contributed by atoms with van der Waals surface area (Å²) in [6, 6.07) is 0. The zero-order chi connectivity index (χ0) is 25.3. The average molecular weight is 513 g/mol. The van der Waals surface area contributed by atoms with Gasteiger partial charge in [-0.25, -0.2) is 17.6 Å². The van der Waals surface area contributed by atoms with E-state index in [0.29, 0.717) is 31.7 Å². The fraction of sp³-hybridized carbons (Fsp3) is 0.862. The highest BCUT2D eigenvalue weighted by Crippen LogP contribution is 2.54. The monoisotopic (exact) mass is 512 g/mol. The fourth-order valence-electron chi connectivity index (χ4n) is 7.83. The van der Waals surface area contributed by atoms with E-state index >= 15 is 0 Å². The van der Waals surface area contributed by atoms with Crippen molar-refractivity contribution in [3.05, 3.63) is 23.8 Å². The first-order valence-corrected chi connectivity index (χ1v) is 14.4. The van der Waals surface area contributed by atoms with Crippen molar-refractivity contribution >= 4 is 0 Å². The SMILES string of the molecule is OC(CN1CCC2(C=CC3CC(F)C(F)C[C@H]32)CC1)C1CCN(CCCC2=CC(F)CC(F)C2)CC1. The second-order valence-electron chi connectivity index (χ2n) is 12.4. The van der Waals surface area contributed by atoms with Crippen LogP contribution in [0.25, 0.3) is 0 Å². The molecule has 3 nitrogen and oxygen atoms in total. The highest BCUT2D eigenvalue weighted by Gasteiger charge is 2.51. The number of hydrogen-bond acceptors (Lipinski definition) is 3. The first kappa shape index (κ1) is 26.7. The number of likely N-dealkylation sites (tertiary alicyclic amines) is 2. The Kier molecular flexibility index (Phi) is 8.48. The van der Waals surface area contributed by atoms with E-state index in [1.807, 2.05) is 0 Å². The number of halogens is 4. The normalized spacial score (nSPS) is 38.8. The Morgan fingerprint density at radius 1 is 0.944 bits per heavy atom. The molecule has 2 heterocycles. The van der Waals surface area contributed by atoms with Crippen molar-refractivity contribution in [2.24, 2.45) is 23.2 Å². The predicted molar refractivity (Wildman–Crippen MR) is 135 cm³/mol. The molecule has 36 heavy (non-hydrogen) atoms. The number of aliphatic hydroxyl groups excluding tert-OH is 1. The number of hydrogen-bond donors (Lipinski definition) is 1. The molecule has 7 atom stereocenters. The molecule has 7 heteroatoms. The van der Waals surface area contributed by atoms with Gasteiger partial charge in [-0.2, -0.15) is 0 Å². The van der Waals surface area contributed by atoms with Crippen molar-refractivity contribution in [1.29, 1.82) is 0 Å². The lowest BCUT2D eigenvalue weighted by Gasteiger charge is -2.47. The predicted octanol–water partition coefficient (Wildman–Crippen LogP) is 5.59. The summed E-state index contributed by atoms with van der Waals surface area (Å²) in [5.41, 5.74) is 0.948. The zero-order valence-electron chi connectivity index (χ0n) is 21.5. The summed E-state index contributed by atoms with van der Waals surface area (Å²) in [6.07, 6.45) is 7.62. The Labute approximate surface area is 214 Å². The first-order valence-electron chi connectivity index (χ1n) is 14.4. The van der Waals surface area contributed by atoms with Gasteiger partial charge in [0.05, 0.1) is 6.10 Å². The van der Waals surface area contributed by atoms with Gasteiger partial charge in [0.25, 0.3) is 0 Å². The van der Waals surface area contributed by atoms with Gasteiger partial charge >= 0.3 is 0 Å². The maximum absolute atomic E-state index is 14.1. The van der Waals surface area contributed by atoms with Gasteiger partial charge in [0.15, 0.2) is 0 Å². The molecular weight excluding hydrogens is 468 g/mol. The topological polar surface area (TPSA) is 26.7 Å². The second kappa shape index (κ2) is 11.4. The largest absolute Gasteiger partial charge is 0.392 e. The van der Waals surface area contributed by atoms with Crippen LogP contribution in [0.3, 0.4) is 0 Å². The fourth-order valence-corrected chi connectivity index (χ4v) is 7.83. The van der Waals surface area contributed by atoms with E-state index in [4.69, 9.17) is 0 Å². The minimum Gasteiger partial charge on any atom is -0.392 e. The van der Waals surface area contributed by atoms with Crippen LogP contribution in [0, 0.1) is 23.2 Å². The minimum absolute atomic E-state index is 0.01000. The molecule has 2 aliphatic heterocycles. The third-order valence-electron chi connectivity index (χ3n) is 10.1. The van der Waals surface area contributed by atoms with Crippen LogP contribution in [0.1, 0.15) is 64.2 Å². The lowest BCUT2D eigenvalue weighted by atomic mass is 9.63. The van der Waals surface area contributed by atoms with Gasteiger partial charge in [-0.15, -0.1) is 0 Å². The molecule has 3 aliphatic carbocycles. The maximum Gasteiger partial charge on any atom is 0.132 e. The van der Waals surface area contributed by atoms with Gasteiger partial charge < -0.3 is 14.9 Å². The third kappa shape index (κ3) is 6.04. The Morgan fingerprint density at radius 2 is 1.67 bits per heavy atom. The third-order valence-corrected chi connectivity index (χ3v) is 10.1. The minimum atomic E-state index is -1.32. The summed E-state index contributed by atoms with van der Waals surface area (Å²) in [6.45, 7) is 5.40. The van der Waals surface area contributed by atoms with Crippen molar-refractivity contribution in [3.8, 4) is 0 Å². The average Bonchev–Trinajstić information content (AvgIpc) is 3.17. The molecule has 2 saturated heterocycles. The summed E-state index contributed by atoms with van der Waals surface area (Å²) in [5, 5.41) is 11.0. The van der Waals surface area contributed by atoms with Gasteiger partial charge in [-0.3, -0.25) is 0 Å². The number of fused-ring (bicyclic) bond motifs is 2. The number of nitrogens with zero attached hydrogens (tertiary/aromatic N) is 2. The van der Waals surface area contributed by atoms with Crippen molar-refractivity contribution in [1.82, 2.24) is 9.80 Å². The molecule has 0 aromatic heterocycles. The lowest BCUT2D eigenvalue weighted by molar-refractivity contribution is -0.0141. The molecular formula is C29H44F4N2O. The van der Waals surface area contributed by atoms with Crippen LogP contribution in [0.2, 0.25) is 0 Å². The zero-order valence-corrected chi connectivity index (χ0v) is 21.5. The van der Waals surface area contributed by atoms with Crippen LogP contribution in [-0.2, 0) is 0 Å². The second-order valence-corrected chi connectivity index (χ2v) is 12.4. The number of β-amino-alcohol motifs (C(OH)–C–C–N with tert-alkyl or cyclic N) is 1. The van der Waals surface area contributed by atoms with Gasteiger partial charge in [0.1, 0.15) is 24.7 Å². The summed E-state index contributed by atoms with van der Waals surface area (Å²) in [7, 11) is 0. The van der Waals surface area contributed by atoms with E-state index in [1.54, 1.807) is 6.08 Å². The standard InChI is InChI=1S/C29H44F4N2O/c30-23-14-20(15-24(31)17-23)2-1-9-34-10-4-21(5-11-34)28(36)19-35-12-7-29(8-13-35)6-3-22-16-26(32)27(33)18-25(22)29/h3,6,14,21-28,36H,1-2,4-5,7-13,15-19H2/t22?,23?,24?,25-,26?,27?,28?/m1/s1. The molecule has 0 radical (unpaired) electrons. The van der Waals surface area contributed by atoms with Crippen molar-refractivity contribution in [2.45, 2.75) is 95.0 Å². The molecule has 0 bridgehead atoms. The highest BCUT2D eigenvalue weighted by atomic mass is 19.2. The summed E-state index contributed by atoms with van der Waals surface area (Å²) in [4.78, 5) is 4.79. The van der Waals surface area contributed by atoms with E-state index in [0.717, 1.165) is 76.8 Å². The molecule has 204 valence electrons. The molecule has 0 amide bonds. The lowest BCUT2D eigenvalue weighted by Crippen LogP contribution is -2.49. The van der Waals surface area contributed by atoms with Gasteiger partial charge in [0, 0.05) is 13.0 Å². The van der Waals surface area contributed by atoms with Crippen molar-refractivity contribution in [3.63, 3.8) is 0 Å². The molecule has 1 saturated carbocycles. The maximum atomic E-state index is 14.1. The highest BCUT2D eigenvalue weighted by molar-refractivity contribution is 5.18. The molecule has 1 N–H and O–H groups in total. The van der Waals surface area contributed by atoms with E-state index < -0.39 is 24.7 Å². The molecule has 5 aliphatic rings. The number of aliphatic hydroxyl groups is 1. The Morgan fingerprint density at radius 3 is 2.39 bits per heavy atom. The molecule has 3 fully saturated rings. The van der Waals surface area contributed by atoms with Crippen LogP contribution in [-0.4, -0.2) is 85.0 Å². The van der Waals surface area contributed by atoms with Crippen molar-refractivity contribution in [2.75, 3.05) is 39.3 Å². The Balaban J connectivity index is 1.00. The van der Waals surface area contributed by atoms with Crippen LogP contribution in [0.4, 0.5) is 17.6 Å². The van der Waals surface area contributed by atoms with E-state index in [1.165, 1.54) is 0 Å². The van der Waals surface area contributed by atoms with Gasteiger partial charge in [-0.1, -0.05) is 23.8 Å². The number of alkyl halides is 4. The molecule has 0 aromatic rings. The van der Waals surface area contributed by atoms with Crippen LogP contribution < -0.4 is 0 Å². The molecule has 5 rings (SSSR count). The van der Waals surface area contributed by atoms with Crippen LogP contribution >= 0.6 is 0 Å². The van der Waals surface area contributed by atoms with E-state index in [-0.39, 0.29) is 29.8 Å². The molecule has 1 spiro atoms. The summed E-state index contributed by atoms with van der Waals surface area (Å²) in [5.74, 6) is 0.734. The Hall–Kier alpha value is -0.920. The first-order chi connectivity index (χ1) is 17.3. The van der Waals surface area contributed by atoms with E-state index in [2.05, 4.69) is 22.0 Å². The van der Waals surface area contributed by atoms with Gasteiger partial charge in [-0.05, 0) is 114 Å². The molecule has 6 unspecified atom stereocenters. The van der Waals surface area contributed by atoms with Crippen LogP contribution in [0.15, 0.2) is 23.8 Å². The van der Waals surface area contributed by atoms with Gasteiger partial charge in [0.2, 0.25) is 0 Å². The number of allylic oxidation sites excluding steroid dienone is 4. The quantitative estimate of drug-likeness (QED) is 0.356.